The zero-order valence-electron chi connectivity index (χ0n) is 13.0. The van der Waals surface area contributed by atoms with E-state index in [4.69, 9.17) is 0 Å². The molecule has 1 heterocycles. The van der Waals surface area contributed by atoms with Gasteiger partial charge in [0.25, 0.3) is 5.91 Å². The van der Waals surface area contributed by atoms with Crippen LogP contribution in [0.1, 0.15) is 21.6 Å². The molecule has 128 valence electrons. The number of hydrogen-bond acceptors (Lipinski definition) is 3. The Morgan fingerprint density at radius 2 is 1.68 bits per heavy atom. The summed E-state index contributed by atoms with van der Waals surface area (Å²) in [6.45, 7) is 0.290. The van der Waals surface area contributed by atoms with Crippen LogP contribution in [-0.2, 0) is 12.6 Å². The van der Waals surface area contributed by atoms with E-state index in [9.17, 15) is 18.0 Å². The Balaban J connectivity index is 1.58. The molecule has 1 aromatic heterocycles. The second-order valence-electron chi connectivity index (χ2n) is 5.44. The van der Waals surface area contributed by atoms with Crippen LogP contribution in [0.4, 0.5) is 13.2 Å². The molecule has 0 saturated heterocycles. The Labute approximate surface area is 141 Å². The van der Waals surface area contributed by atoms with Crippen LogP contribution in [0.25, 0.3) is 11.0 Å². The van der Waals surface area contributed by atoms with Gasteiger partial charge in [0.2, 0.25) is 0 Å². The number of carbonyl (C=O) groups is 1. The maximum Gasteiger partial charge on any atom is 0.416 e. The summed E-state index contributed by atoms with van der Waals surface area (Å²) < 4.78 is 37.5. The minimum atomic E-state index is -4.35. The van der Waals surface area contributed by atoms with E-state index >= 15 is 0 Å². The molecule has 25 heavy (non-hydrogen) atoms. The molecule has 0 fully saturated rings. The first-order valence-electron chi connectivity index (χ1n) is 7.59. The fraction of sp³-hybridized carbons (Fsp3) is 0.167. The van der Waals surface area contributed by atoms with Gasteiger partial charge in [-0.1, -0.05) is 24.3 Å². The van der Waals surface area contributed by atoms with Crippen molar-refractivity contribution in [2.45, 2.75) is 12.6 Å². The Bertz CT molecular complexity index is 892. The molecule has 0 unspecified atom stereocenters. The van der Waals surface area contributed by atoms with Gasteiger partial charge in [0.05, 0.1) is 22.8 Å². The average Bonchev–Trinajstić information content (AvgIpc) is 2.61. The van der Waals surface area contributed by atoms with Crippen LogP contribution in [0, 0.1) is 0 Å². The normalized spacial score (nSPS) is 11.5. The Morgan fingerprint density at radius 1 is 1.00 bits per heavy atom. The van der Waals surface area contributed by atoms with Gasteiger partial charge in [0.15, 0.2) is 0 Å². The van der Waals surface area contributed by atoms with Crippen molar-refractivity contribution >= 4 is 16.9 Å². The minimum Gasteiger partial charge on any atom is -0.350 e. The molecule has 0 radical (unpaired) electrons. The van der Waals surface area contributed by atoms with Crippen molar-refractivity contribution < 1.29 is 18.0 Å². The van der Waals surface area contributed by atoms with E-state index < -0.39 is 11.7 Å². The first-order chi connectivity index (χ1) is 11.9. The minimum absolute atomic E-state index is 0.200. The van der Waals surface area contributed by atoms with E-state index in [0.717, 1.165) is 12.1 Å². The molecule has 1 N–H and O–H groups in total. The first-order valence-corrected chi connectivity index (χ1v) is 7.59. The summed E-state index contributed by atoms with van der Waals surface area (Å²) in [6.07, 6.45) is -2.53. The van der Waals surface area contributed by atoms with Gasteiger partial charge in [-0.15, -0.1) is 0 Å². The zero-order chi connectivity index (χ0) is 17.9. The maximum absolute atomic E-state index is 12.5. The summed E-state index contributed by atoms with van der Waals surface area (Å²) in [5.74, 6) is -0.370. The van der Waals surface area contributed by atoms with E-state index in [0.29, 0.717) is 29.6 Å². The third-order valence-corrected chi connectivity index (χ3v) is 3.66. The van der Waals surface area contributed by atoms with E-state index in [1.807, 2.05) is 12.1 Å². The number of alkyl halides is 3. The van der Waals surface area contributed by atoms with Crippen LogP contribution in [-0.4, -0.2) is 22.4 Å². The zero-order valence-corrected chi connectivity index (χ0v) is 13.0. The first kappa shape index (κ1) is 16.9. The summed E-state index contributed by atoms with van der Waals surface area (Å²) in [4.78, 5) is 20.5. The number of para-hydroxylation sites is 2. The molecule has 2 aromatic carbocycles. The van der Waals surface area contributed by atoms with Gasteiger partial charge in [-0.05, 0) is 36.2 Å². The van der Waals surface area contributed by atoms with Crippen LogP contribution in [0.5, 0.6) is 0 Å². The maximum atomic E-state index is 12.5. The molecule has 0 saturated carbocycles. The summed E-state index contributed by atoms with van der Waals surface area (Å²) in [7, 11) is 0. The van der Waals surface area contributed by atoms with E-state index in [1.165, 1.54) is 18.3 Å². The lowest BCUT2D eigenvalue weighted by Crippen LogP contribution is -2.26. The molecule has 4 nitrogen and oxygen atoms in total. The fourth-order valence-electron chi connectivity index (χ4n) is 2.34. The number of fused-ring (bicyclic) bond motifs is 1. The van der Waals surface area contributed by atoms with E-state index in [2.05, 4.69) is 15.3 Å². The molecule has 3 aromatic rings. The second-order valence-corrected chi connectivity index (χ2v) is 5.44. The van der Waals surface area contributed by atoms with Crippen molar-refractivity contribution in [1.29, 1.82) is 0 Å². The molecular weight excluding hydrogens is 331 g/mol. The van der Waals surface area contributed by atoms with Crippen LogP contribution in [0.3, 0.4) is 0 Å². The molecule has 3 rings (SSSR count). The smallest absolute Gasteiger partial charge is 0.350 e. The summed E-state index contributed by atoms with van der Waals surface area (Å²) in [6, 6.07) is 12.1. The number of amides is 1. The Hall–Kier alpha value is -2.96. The van der Waals surface area contributed by atoms with Gasteiger partial charge in [-0.25, -0.2) is 4.98 Å². The van der Waals surface area contributed by atoms with Crippen LogP contribution < -0.4 is 5.32 Å². The molecule has 7 heteroatoms. The topological polar surface area (TPSA) is 54.9 Å². The van der Waals surface area contributed by atoms with Gasteiger partial charge < -0.3 is 5.32 Å². The van der Waals surface area contributed by atoms with Gasteiger partial charge >= 0.3 is 6.18 Å². The lowest BCUT2D eigenvalue weighted by molar-refractivity contribution is -0.137. The molecule has 0 aliphatic heterocycles. The van der Waals surface area contributed by atoms with Crippen LogP contribution in [0.2, 0.25) is 0 Å². The largest absolute Gasteiger partial charge is 0.416 e. The number of nitrogens with zero attached hydrogens (tertiary/aromatic N) is 2. The number of aromatic nitrogens is 2. The van der Waals surface area contributed by atoms with Crippen molar-refractivity contribution in [2.24, 2.45) is 0 Å². The van der Waals surface area contributed by atoms with Crippen molar-refractivity contribution in [3.05, 3.63) is 71.5 Å². The van der Waals surface area contributed by atoms with Crippen molar-refractivity contribution in [3.8, 4) is 0 Å². The van der Waals surface area contributed by atoms with Crippen molar-refractivity contribution in [2.75, 3.05) is 6.54 Å². The molecule has 1 amide bonds. The average molecular weight is 345 g/mol. The van der Waals surface area contributed by atoms with Gasteiger partial charge in [0.1, 0.15) is 5.69 Å². The number of carbonyl (C=O) groups excluding carboxylic acids is 1. The summed E-state index contributed by atoms with van der Waals surface area (Å²) in [5.41, 5.74) is 1.54. The third kappa shape index (κ3) is 4.12. The summed E-state index contributed by atoms with van der Waals surface area (Å²) in [5, 5.41) is 2.69. The molecular formula is C18H14F3N3O. The highest BCUT2D eigenvalue weighted by Crippen LogP contribution is 2.29. The number of rotatable bonds is 4. The monoisotopic (exact) mass is 345 g/mol. The van der Waals surface area contributed by atoms with E-state index in [1.54, 1.807) is 12.1 Å². The van der Waals surface area contributed by atoms with Gasteiger partial charge in [0, 0.05) is 6.54 Å². The van der Waals surface area contributed by atoms with Crippen molar-refractivity contribution in [1.82, 2.24) is 15.3 Å². The van der Waals surface area contributed by atoms with Crippen LogP contribution >= 0.6 is 0 Å². The summed E-state index contributed by atoms with van der Waals surface area (Å²) >= 11 is 0. The highest BCUT2D eigenvalue weighted by molar-refractivity contribution is 5.93. The number of nitrogens with one attached hydrogen (secondary N) is 1. The highest BCUT2D eigenvalue weighted by Gasteiger charge is 2.29. The molecule has 0 spiro atoms. The number of benzene rings is 2. The molecule has 0 bridgehead atoms. The lowest BCUT2D eigenvalue weighted by Gasteiger charge is -2.08. The number of halogens is 3. The Kier molecular flexibility index (Phi) is 4.65. The molecule has 0 aliphatic rings. The van der Waals surface area contributed by atoms with E-state index in [-0.39, 0.29) is 11.6 Å². The standard InChI is InChI=1S/C18H14F3N3O/c19-18(20,21)13-7-5-12(6-8-13)9-10-22-17(25)16-11-23-14-3-1-2-4-15(14)24-16/h1-8,11H,9-10H2,(H,22,25). The van der Waals surface area contributed by atoms with Crippen LogP contribution in [0.15, 0.2) is 54.7 Å². The number of hydrogen-bond donors (Lipinski definition) is 1. The molecule has 0 aliphatic carbocycles. The SMILES string of the molecule is O=C(NCCc1ccc(C(F)(F)F)cc1)c1cnc2ccccc2n1. The second kappa shape index (κ2) is 6.88. The highest BCUT2D eigenvalue weighted by atomic mass is 19.4. The fourth-order valence-corrected chi connectivity index (χ4v) is 2.34. The lowest BCUT2D eigenvalue weighted by atomic mass is 10.1. The predicted octanol–water partition coefficient (Wildman–Crippen LogP) is 3.62. The third-order valence-electron chi connectivity index (χ3n) is 3.66. The predicted molar refractivity (Wildman–Crippen MR) is 87.0 cm³/mol. The Morgan fingerprint density at radius 3 is 2.36 bits per heavy atom. The van der Waals surface area contributed by atoms with Gasteiger partial charge in [-0.3, -0.25) is 9.78 Å². The van der Waals surface area contributed by atoms with Crippen molar-refractivity contribution in [3.63, 3.8) is 0 Å². The quantitative estimate of drug-likeness (QED) is 0.786. The molecule has 0 atom stereocenters. The van der Waals surface area contributed by atoms with Gasteiger partial charge in [-0.2, -0.15) is 13.2 Å².